The Hall–Kier alpha value is -3.45. The van der Waals surface area contributed by atoms with Crippen molar-refractivity contribution in [1.82, 2.24) is 14.4 Å². The predicted molar refractivity (Wildman–Crippen MR) is 142 cm³/mol. The molecule has 0 N–H and O–H groups in total. The Bertz CT molecular complexity index is 1160. The first-order chi connectivity index (χ1) is 18.0. The fraction of sp³-hybridized carbons (Fsp3) is 0.400. The molecule has 2 aromatic carbocycles. The van der Waals surface area contributed by atoms with Gasteiger partial charge in [0.15, 0.2) is 0 Å². The van der Waals surface area contributed by atoms with Crippen LogP contribution in [0, 0.1) is 5.82 Å². The maximum Gasteiger partial charge on any atom is 0.254 e. The Labute approximate surface area is 218 Å². The molecule has 0 radical (unpaired) electrons. The van der Waals surface area contributed by atoms with E-state index in [1.807, 2.05) is 35.4 Å². The van der Waals surface area contributed by atoms with Crippen molar-refractivity contribution in [1.29, 1.82) is 0 Å². The second kappa shape index (κ2) is 13.2. The third-order valence-electron chi connectivity index (χ3n) is 7.04. The van der Waals surface area contributed by atoms with Gasteiger partial charge in [0.1, 0.15) is 12.4 Å². The van der Waals surface area contributed by atoms with Crippen LogP contribution in [0.2, 0.25) is 0 Å². The quantitative estimate of drug-likeness (QED) is 0.363. The Balaban J connectivity index is 1.54. The molecule has 196 valence electrons. The maximum absolute atomic E-state index is 13.8. The molecule has 3 aromatic rings. The van der Waals surface area contributed by atoms with Crippen LogP contribution in [0.4, 0.5) is 4.39 Å². The molecule has 6 nitrogen and oxygen atoms in total. The molecular weight excluding hydrogens is 469 g/mol. The summed E-state index contributed by atoms with van der Waals surface area (Å²) in [5.74, 6) is -0.951. The van der Waals surface area contributed by atoms with Gasteiger partial charge in [0.25, 0.3) is 5.91 Å². The zero-order chi connectivity index (χ0) is 26.0. The van der Waals surface area contributed by atoms with Crippen molar-refractivity contribution in [3.05, 3.63) is 95.6 Å². The van der Waals surface area contributed by atoms with Crippen LogP contribution in [0.25, 0.3) is 0 Å². The molecule has 2 amide bonds. The Morgan fingerprint density at radius 1 is 1.00 bits per heavy atom. The Kier molecular flexibility index (Phi) is 9.49. The van der Waals surface area contributed by atoms with E-state index in [0.717, 1.165) is 37.9 Å². The van der Waals surface area contributed by atoms with Gasteiger partial charge in [-0.2, -0.15) is 0 Å². The van der Waals surface area contributed by atoms with Crippen LogP contribution in [0.5, 0.6) is 0 Å². The maximum atomic E-state index is 13.8. The fourth-order valence-electron chi connectivity index (χ4n) is 5.03. The van der Waals surface area contributed by atoms with Crippen molar-refractivity contribution in [2.45, 2.75) is 51.2 Å². The summed E-state index contributed by atoms with van der Waals surface area (Å²) in [6.45, 7) is 1.68. The number of methoxy groups -OCH3 is 1. The van der Waals surface area contributed by atoms with Crippen molar-refractivity contribution >= 4 is 11.8 Å². The summed E-state index contributed by atoms with van der Waals surface area (Å²) in [7, 11) is 1.56. The van der Waals surface area contributed by atoms with Gasteiger partial charge in [-0.15, -0.1) is 0 Å². The summed E-state index contributed by atoms with van der Waals surface area (Å²) in [5, 5.41) is 0. The van der Waals surface area contributed by atoms with Crippen LogP contribution < -0.4 is 0 Å². The van der Waals surface area contributed by atoms with Crippen molar-refractivity contribution in [3.8, 4) is 0 Å². The number of carbonyl (C=O) groups excluding carboxylic acids is 2. The lowest BCUT2D eigenvalue weighted by Crippen LogP contribution is -2.48. The molecule has 0 saturated heterocycles. The smallest absolute Gasteiger partial charge is 0.254 e. The summed E-state index contributed by atoms with van der Waals surface area (Å²) in [4.78, 5) is 30.5. The number of rotatable bonds is 11. The van der Waals surface area contributed by atoms with Crippen LogP contribution in [-0.2, 0) is 22.6 Å². The molecule has 1 heterocycles. The minimum atomic E-state index is -0.480. The number of hydrogen-bond donors (Lipinski definition) is 0. The van der Waals surface area contributed by atoms with Crippen molar-refractivity contribution < 1.29 is 18.7 Å². The van der Waals surface area contributed by atoms with Gasteiger partial charge >= 0.3 is 0 Å². The van der Waals surface area contributed by atoms with Crippen LogP contribution in [0.1, 0.15) is 53.7 Å². The summed E-state index contributed by atoms with van der Waals surface area (Å²) in [5.41, 5.74) is 2.48. The fourth-order valence-corrected chi connectivity index (χ4v) is 5.03. The average molecular weight is 506 g/mol. The van der Waals surface area contributed by atoms with Crippen LogP contribution in [0.3, 0.4) is 0 Å². The van der Waals surface area contributed by atoms with Gasteiger partial charge in [0, 0.05) is 43.7 Å². The first-order valence-corrected chi connectivity index (χ1v) is 13.1. The number of carbonyl (C=O) groups is 2. The Morgan fingerprint density at radius 2 is 1.78 bits per heavy atom. The minimum Gasteiger partial charge on any atom is -0.383 e. The first kappa shape index (κ1) is 26.6. The molecule has 0 bridgehead atoms. The number of benzene rings is 2. The second-order valence-corrected chi connectivity index (χ2v) is 9.66. The van der Waals surface area contributed by atoms with E-state index in [1.54, 1.807) is 13.2 Å². The van der Waals surface area contributed by atoms with Gasteiger partial charge in [-0.1, -0.05) is 55.7 Å². The van der Waals surface area contributed by atoms with Gasteiger partial charge in [-0.05, 0) is 48.7 Å². The van der Waals surface area contributed by atoms with Crippen LogP contribution in [0.15, 0.2) is 72.9 Å². The lowest BCUT2D eigenvalue weighted by atomic mass is 9.94. The molecule has 0 unspecified atom stereocenters. The molecule has 1 saturated carbocycles. The monoisotopic (exact) mass is 505 g/mol. The van der Waals surface area contributed by atoms with Crippen molar-refractivity contribution in [2.24, 2.45) is 0 Å². The number of aromatic nitrogens is 1. The second-order valence-electron chi connectivity index (χ2n) is 9.66. The van der Waals surface area contributed by atoms with Gasteiger partial charge in [-0.3, -0.25) is 9.59 Å². The molecule has 0 aliphatic heterocycles. The lowest BCUT2D eigenvalue weighted by Gasteiger charge is -2.36. The van der Waals surface area contributed by atoms with Crippen LogP contribution >= 0.6 is 0 Å². The number of amides is 2. The van der Waals surface area contributed by atoms with E-state index in [2.05, 4.69) is 22.8 Å². The SMILES string of the molecule is COCCN(CC(=O)N(Cc1cccn1Cc1ccccc1)C1CCCCC1)C(=O)c1cccc(F)c1. The van der Waals surface area contributed by atoms with E-state index >= 15 is 0 Å². The minimum absolute atomic E-state index is 0.0748. The van der Waals surface area contributed by atoms with Gasteiger partial charge in [0.05, 0.1) is 13.2 Å². The highest BCUT2D eigenvalue weighted by atomic mass is 19.1. The van der Waals surface area contributed by atoms with Gasteiger partial charge < -0.3 is 19.1 Å². The normalized spacial score (nSPS) is 13.9. The number of ether oxygens (including phenoxy) is 1. The van der Waals surface area contributed by atoms with E-state index in [0.29, 0.717) is 6.54 Å². The molecule has 7 heteroatoms. The van der Waals surface area contributed by atoms with Gasteiger partial charge in [0.2, 0.25) is 5.91 Å². The third kappa shape index (κ3) is 7.29. The highest BCUT2D eigenvalue weighted by Gasteiger charge is 2.29. The number of hydrogen-bond acceptors (Lipinski definition) is 3. The van der Waals surface area contributed by atoms with Crippen molar-refractivity contribution in [2.75, 3.05) is 26.8 Å². The van der Waals surface area contributed by atoms with E-state index in [4.69, 9.17) is 4.74 Å². The van der Waals surface area contributed by atoms with E-state index in [1.165, 1.54) is 35.1 Å². The molecule has 4 rings (SSSR count). The van der Waals surface area contributed by atoms with Gasteiger partial charge in [-0.25, -0.2) is 4.39 Å². The molecular formula is C30H36FN3O3. The number of halogens is 1. The van der Waals surface area contributed by atoms with Crippen LogP contribution in [-0.4, -0.2) is 59.0 Å². The predicted octanol–water partition coefficient (Wildman–Crippen LogP) is 5.13. The summed E-state index contributed by atoms with van der Waals surface area (Å²) in [6, 6.07) is 20.1. The summed E-state index contributed by atoms with van der Waals surface area (Å²) < 4.78 is 21.2. The molecule has 0 atom stereocenters. The summed E-state index contributed by atoms with van der Waals surface area (Å²) >= 11 is 0. The molecule has 0 spiro atoms. The summed E-state index contributed by atoms with van der Waals surface area (Å²) in [6.07, 6.45) is 7.33. The lowest BCUT2D eigenvalue weighted by molar-refractivity contribution is -0.135. The van der Waals surface area contributed by atoms with Crippen molar-refractivity contribution in [3.63, 3.8) is 0 Å². The zero-order valence-electron chi connectivity index (χ0n) is 21.5. The first-order valence-electron chi connectivity index (χ1n) is 13.1. The Morgan fingerprint density at radius 3 is 2.51 bits per heavy atom. The number of nitrogens with zero attached hydrogens (tertiary/aromatic N) is 3. The molecule has 1 aliphatic rings. The molecule has 37 heavy (non-hydrogen) atoms. The van der Waals surface area contributed by atoms with E-state index in [9.17, 15) is 14.0 Å². The molecule has 1 aliphatic carbocycles. The standard InChI is InChI=1S/C30H36FN3O3/c1-37-19-18-33(30(36)25-12-8-13-26(31)20-25)23-29(35)34(27-14-6-3-7-15-27)22-28-16-9-17-32(28)21-24-10-4-2-5-11-24/h2,4-5,8-13,16-17,20,27H,3,6-7,14-15,18-19,21-23H2,1H3. The zero-order valence-corrected chi connectivity index (χ0v) is 21.5. The largest absolute Gasteiger partial charge is 0.383 e. The highest BCUT2D eigenvalue weighted by molar-refractivity contribution is 5.96. The third-order valence-corrected chi connectivity index (χ3v) is 7.04. The highest BCUT2D eigenvalue weighted by Crippen LogP contribution is 2.25. The van der Waals surface area contributed by atoms with E-state index < -0.39 is 5.82 Å². The molecule has 1 fully saturated rings. The van der Waals surface area contributed by atoms with E-state index in [-0.39, 0.29) is 43.1 Å². The topological polar surface area (TPSA) is 54.8 Å². The average Bonchev–Trinajstić information content (AvgIpc) is 3.36. The molecule has 1 aromatic heterocycles.